The smallest absolute Gasteiger partial charge is 0.349 e. The molecule has 3 rings (SSSR count). The maximum absolute atomic E-state index is 13.5. The summed E-state index contributed by atoms with van der Waals surface area (Å²) in [5.41, 5.74) is -0.338. The number of carboxylic acids is 1. The van der Waals surface area contributed by atoms with Crippen molar-refractivity contribution in [1.29, 1.82) is 0 Å². The monoisotopic (exact) mass is 639 g/mol. The molecule has 46 heavy (non-hydrogen) atoms. The van der Waals surface area contributed by atoms with Crippen molar-refractivity contribution in [1.82, 2.24) is 0 Å². The number of esters is 4. The van der Waals surface area contributed by atoms with Gasteiger partial charge >= 0.3 is 29.8 Å². The van der Waals surface area contributed by atoms with Crippen LogP contribution in [0.5, 0.6) is 28.7 Å². The topological polar surface area (TPSA) is 199 Å². The summed E-state index contributed by atoms with van der Waals surface area (Å²) in [6, 6.07) is 13.0. The summed E-state index contributed by atoms with van der Waals surface area (Å²) < 4.78 is 35.9. The van der Waals surface area contributed by atoms with Gasteiger partial charge < -0.3 is 43.6 Å². The Morgan fingerprint density at radius 2 is 1.13 bits per heavy atom. The highest BCUT2D eigenvalue weighted by Crippen LogP contribution is 2.30. The lowest BCUT2D eigenvalue weighted by Crippen LogP contribution is -2.48. The fraction of sp³-hybridized carbons (Fsp3) is 0.226. The van der Waals surface area contributed by atoms with Gasteiger partial charge in [0.15, 0.2) is 23.0 Å². The maximum Gasteiger partial charge on any atom is 0.349 e. The molecule has 0 aliphatic heterocycles. The lowest BCUT2D eigenvalue weighted by Gasteiger charge is -2.24. The van der Waals surface area contributed by atoms with Gasteiger partial charge in [0.05, 0.1) is 32.5 Å². The molecule has 0 saturated carbocycles. The summed E-state index contributed by atoms with van der Waals surface area (Å²) in [6.45, 7) is 2.31. The lowest BCUT2D eigenvalue weighted by molar-refractivity contribution is -0.157. The summed E-state index contributed by atoms with van der Waals surface area (Å²) in [6.07, 6.45) is -4.62. The molecule has 0 aliphatic carbocycles. The van der Waals surface area contributed by atoms with Crippen molar-refractivity contribution >= 4 is 41.4 Å². The van der Waals surface area contributed by atoms with Gasteiger partial charge in [0.1, 0.15) is 5.75 Å². The van der Waals surface area contributed by atoms with Gasteiger partial charge in [-0.05, 0) is 48.5 Å². The summed E-state index contributed by atoms with van der Waals surface area (Å²) in [5.74, 6) is -6.60. The van der Waals surface area contributed by atoms with Gasteiger partial charge in [-0.25, -0.2) is 14.4 Å². The van der Waals surface area contributed by atoms with Crippen LogP contribution in [0.3, 0.4) is 0 Å². The van der Waals surface area contributed by atoms with Gasteiger partial charge in [-0.2, -0.15) is 0 Å². The van der Waals surface area contributed by atoms with Gasteiger partial charge in [0.25, 0.3) is 5.91 Å². The number of carbonyl (C=O) groups is 6. The molecule has 0 aromatic heterocycles. The number of hydrogen-bond acceptors (Lipinski definition) is 13. The van der Waals surface area contributed by atoms with Crippen molar-refractivity contribution < 1.29 is 67.0 Å². The highest BCUT2D eigenvalue weighted by atomic mass is 16.6. The molecule has 2 atom stereocenters. The average Bonchev–Trinajstić information content (AvgIpc) is 3.02. The molecule has 0 unspecified atom stereocenters. The molecule has 0 bridgehead atoms. The number of carbonyl (C=O) groups excluding carboxylic acids is 5. The Balaban J connectivity index is 1.98. The number of nitrogens with one attached hydrogen (secondary N) is 1. The van der Waals surface area contributed by atoms with Crippen LogP contribution in [0.1, 0.15) is 34.6 Å². The first kappa shape index (κ1) is 34.4. The Hall–Kier alpha value is -6.12. The fourth-order valence-corrected chi connectivity index (χ4v) is 3.84. The highest BCUT2D eigenvalue weighted by molar-refractivity contribution is 6.02. The first-order valence-corrected chi connectivity index (χ1v) is 13.2. The molecule has 0 fully saturated rings. The average molecular weight is 640 g/mol. The number of ether oxygens (including phenoxy) is 7. The fourth-order valence-electron chi connectivity index (χ4n) is 3.84. The van der Waals surface area contributed by atoms with Gasteiger partial charge in [-0.3, -0.25) is 14.4 Å². The number of rotatable bonds is 13. The molecule has 3 aromatic rings. The van der Waals surface area contributed by atoms with E-state index in [9.17, 15) is 33.9 Å². The molecule has 0 spiro atoms. The SMILES string of the molecule is COc1cccc(NC(=O)[C@H](OC(=O)c2ccc(OC(C)=O)c(OC)c2)[C@@H](OC(=O)c2ccc(OC(C)=O)c(OC)c2)C(=O)O)c1. The number of benzene rings is 3. The molecule has 1 amide bonds. The van der Waals surface area contributed by atoms with E-state index in [1.54, 1.807) is 6.07 Å². The molecule has 15 nitrogen and oxygen atoms in total. The molecule has 3 aromatic carbocycles. The number of amides is 1. The van der Waals surface area contributed by atoms with Crippen LogP contribution in [0.15, 0.2) is 60.7 Å². The molecule has 0 aliphatic rings. The number of aliphatic carboxylic acids is 1. The third-order valence-electron chi connectivity index (χ3n) is 5.89. The zero-order valence-electron chi connectivity index (χ0n) is 25.2. The molecule has 0 heterocycles. The summed E-state index contributed by atoms with van der Waals surface area (Å²) in [5, 5.41) is 12.5. The first-order chi connectivity index (χ1) is 21.9. The third-order valence-corrected chi connectivity index (χ3v) is 5.89. The second-order valence-electron chi connectivity index (χ2n) is 9.13. The van der Waals surface area contributed by atoms with Gasteiger partial charge in [0, 0.05) is 25.6 Å². The highest BCUT2D eigenvalue weighted by Gasteiger charge is 2.41. The predicted octanol–water partition coefficient (Wildman–Crippen LogP) is 3.04. The minimum Gasteiger partial charge on any atom is -0.497 e. The Kier molecular flexibility index (Phi) is 11.6. The molecule has 242 valence electrons. The Labute approximate surface area is 261 Å². The lowest BCUT2D eigenvalue weighted by atomic mass is 10.1. The largest absolute Gasteiger partial charge is 0.497 e. The van der Waals surface area contributed by atoms with E-state index in [1.165, 1.54) is 57.7 Å². The van der Waals surface area contributed by atoms with E-state index in [1.807, 2.05) is 0 Å². The minimum atomic E-state index is -2.37. The van der Waals surface area contributed by atoms with E-state index in [4.69, 9.17) is 33.2 Å². The number of hydrogen-bond donors (Lipinski definition) is 2. The van der Waals surface area contributed by atoms with Crippen molar-refractivity contribution in [3.8, 4) is 28.7 Å². The Morgan fingerprint density at radius 3 is 1.57 bits per heavy atom. The van der Waals surface area contributed by atoms with Crippen LogP contribution in [-0.2, 0) is 28.7 Å². The minimum absolute atomic E-state index is 0.0219. The normalized spacial score (nSPS) is 11.6. The zero-order valence-corrected chi connectivity index (χ0v) is 25.2. The number of carboxylic acid groups (broad SMARTS) is 1. The third kappa shape index (κ3) is 8.95. The van der Waals surface area contributed by atoms with Crippen molar-refractivity contribution in [3.05, 3.63) is 71.8 Å². The molecule has 0 radical (unpaired) electrons. The van der Waals surface area contributed by atoms with E-state index in [-0.39, 0.29) is 39.8 Å². The van der Waals surface area contributed by atoms with Crippen molar-refractivity contribution in [2.75, 3.05) is 26.6 Å². The number of anilines is 1. The molecule has 0 saturated heterocycles. The second kappa shape index (κ2) is 15.6. The Bertz CT molecular complexity index is 1650. The summed E-state index contributed by atoms with van der Waals surface area (Å²) in [4.78, 5) is 74.9. The van der Waals surface area contributed by atoms with Gasteiger partial charge in [0.2, 0.25) is 12.2 Å². The second-order valence-corrected chi connectivity index (χ2v) is 9.13. The first-order valence-electron chi connectivity index (χ1n) is 13.2. The molecule has 15 heteroatoms. The summed E-state index contributed by atoms with van der Waals surface area (Å²) >= 11 is 0. The summed E-state index contributed by atoms with van der Waals surface area (Å²) in [7, 11) is 3.87. The van der Waals surface area contributed by atoms with E-state index in [0.29, 0.717) is 5.75 Å². The van der Waals surface area contributed by atoms with Crippen LogP contribution in [0.4, 0.5) is 5.69 Å². The molecule has 2 N–H and O–H groups in total. The van der Waals surface area contributed by atoms with Crippen LogP contribution in [0.2, 0.25) is 0 Å². The Morgan fingerprint density at radius 1 is 0.630 bits per heavy atom. The van der Waals surface area contributed by atoms with Crippen LogP contribution >= 0.6 is 0 Å². The van der Waals surface area contributed by atoms with Crippen LogP contribution < -0.4 is 29.0 Å². The standard InChI is InChI=1S/C31H29NO14/c1-16(33)43-22-11-9-18(13-24(22)41-4)30(38)45-26(28(35)32-20-7-6-8-21(15-20)40-3)27(29(36)37)46-31(39)19-10-12-23(44-17(2)34)25(14-19)42-5/h6-15,26-27H,1-5H3,(H,32,35)(H,36,37)/t26-,27-/m1/s1. The zero-order chi connectivity index (χ0) is 34.0. The van der Waals surface area contributed by atoms with Crippen molar-refractivity contribution in [3.63, 3.8) is 0 Å². The van der Waals surface area contributed by atoms with Crippen LogP contribution in [0, 0.1) is 0 Å². The van der Waals surface area contributed by atoms with Crippen LogP contribution in [0.25, 0.3) is 0 Å². The van der Waals surface area contributed by atoms with E-state index < -0.39 is 48.0 Å². The molecular weight excluding hydrogens is 610 g/mol. The van der Waals surface area contributed by atoms with Gasteiger partial charge in [-0.1, -0.05) is 6.07 Å². The quantitative estimate of drug-likeness (QED) is 0.204. The van der Waals surface area contributed by atoms with Crippen LogP contribution in [-0.4, -0.2) is 74.4 Å². The van der Waals surface area contributed by atoms with Gasteiger partial charge in [-0.15, -0.1) is 0 Å². The molecular formula is C31H29NO14. The van der Waals surface area contributed by atoms with Crippen molar-refractivity contribution in [2.45, 2.75) is 26.1 Å². The van der Waals surface area contributed by atoms with E-state index in [2.05, 4.69) is 5.32 Å². The van der Waals surface area contributed by atoms with E-state index >= 15 is 0 Å². The maximum atomic E-state index is 13.5. The number of methoxy groups -OCH3 is 3. The van der Waals surface area contributed by atoms with Crippen molar-refractivity contribution in [2.24, 2.45) is 0 Å². The van der Waals surface area contributed by atoms with E-state index in [0.717, 1.165) is 32.0 Å². The predicted molar refractivity (Wildman–Crippen MR) is 156 cm³/mol.